The predicted molar refractivity (Wildman–Crippen MR) is 83.5 cm³/mol. The van der Waals surface area contributed by atoms with E-state index in [-0.39, 0.29) is 5.91 Å². The number of hydrogen-bond acceptors (Lipinski definition) is 2. The fourth-order valence-electron chi connectivity index (χ4n) is 3.10. The van der Waals surface area contributed by atoms with Crippen molar-refractivity contribution in [2.45, 2.75) is 57.4 Å². The van der Waals surface area contributed by atoms with Crippen LogP contribution in [0.15, 0.2) is 24.3 Å². The Balaban J connectivity index is 2.15. The van der Waals surface area contributed by atoms with Crippen LogP contribution >= 0.6 is 0 Å². The van der Waals surface area contributed by atoms with Crippen LogP contribution in [0.25, 0.3) is 0 Å². The second kappa shape index (κ2) is 5.86. The van der Waals surface area contributed by atoms with Crippen LogP contribution in [0.2, 0.25) is 0 Å². The highest BCUT2D eigenvalue weighted by Crippen LogP contribution is 2.29. The van der Waals surface area contributed by atoms with Gasteiger partial charge >= 0.3 is 0 Å². The Morgan fingerprint density at radius 3 is 2.25 bits per heavy atom. The standard InChI is InChI=1S/C17H26N2O/c1-17(2,13-9-11-14(18)12-10-13)16(20)19(3)15-7-5-4-6-8-15/h9-12,15H,4-8,18H2,1-3H3. The molecular weight excluding hydrogens is 248 g/mol. The molecule has 0 spiro atoms. The molecule has 1 aliphatic carbocycles. The third kappa shape index (κ3) is 2.97. The van der Waals surface area contributed by atoms with Gasteiger partial charge in [-0.1, -0.05) is 31.4 Å². The van der Waals surface area contributed by atoms with Crippen molar-refractivity contribution in [1.82, 2.24) is 4.90 Å². The van der Waals surface area contributed by atoms with E-state index in [9.17, 15) is 4.79 Å². The van der Waals surface area contributed by atoms with Crippen LogP contribution in [0.4, 0.5) is 5.69 Å². The molecule has 0 atom stereocenters. The van der Waals surface area contributed by atoms with Crippen molar-refractivity contribution in [3.63, 3.8) is 0 Å². The minimum absolute atomic E-state index is 0.203. The van der Waals surface area contributed by atoms with E-state index in [4.69, 9.17) is 5.73 Å². The maximum absolute atomic E-state index is 12.8. The smallest absolute Gasteiger partial charge is 0.232 e. The second-order valence-electron chi connectivity index (χ2n) is 6.45. The highest BCUT2D eigenvalue weighted by atomic mass is 16.2. The predicted octanol–water partition coefficient (Wildman–Crippen LogP) is 3.34. The molecule has 3 heteroatoms. The Bertz CT molecular complexity index is 458. The highest BCUT2D eigenvalue weighted by Gasteiger charge is 2.35. The number of anilines is 1. The van der Waals surface area contributed by atoms with Crippen LogP contribution in [0.3, 0.4) is 0 Å². The lowest BCUT2D eigenvalue weighted by Gasteiger charge is -2.37. The first-order chi connectivity index (χ1) is 9.43. The number of carbonyl (C=O) groups excluding carboxylic acids is 1. The first-order valence-electron chi connectivity index (χ1n) is 7.56. The largest absolute Gasteiger partial charge is 0.399 e. The SMILES string of the molecule is CN(C(=O)C(C)(C)c1ccc(N)cc1)C1CCCCC1. The van der Waals surface area contributed by atoms with Gasteiger partial charge in [0.25, 0.3) is 0 Å². The molecule has 0 bridgehead atoms. The van der Waals surface area contributed by atoms with E-state index in [0.29, 0.717) is 6.04 Å². The molecule has 1 aliphatic rings. The van der Waals surface area contributed by atoms with Crippen LogP contribution in [-0.4, -0.2) is 23.9 Å². The molecule has 20 heavy (non-hydrogen) atoms. The van der Waals surface area contributed by atoms with Crippen molar-refractivity contribution in [2.75, 3.05) is 12.8 Å². The van der Waals surface area contributed by atoms with Gasteiger partial charge in [0.05, 0.1) is 5.41 Å². The van der Waals surface area contributed by atoms with E-state index in [2.05, 4.69) is 0 Å². The molecule has 1 fully saturated rings. The Hall–Kier alpha value is -1.51. The number of amides is 1. The van der Waals surface area contributed by atoms with Gasteiger partial charge < -0.3 is 10.6 Å². The Morgan fingerprint density at radius 1 is 1.15 bits per heavy atom. The van der Waals surface area contributed by atoms with Crippen LogP contribution < -0.4 is 5.73 Å². The van der Waals surface area contributed by atoms with Crippen molar-refractivity contribution >= 4 is 11.6 Å². The summed E-state index contributed by atoms with van der Waals surface area (Å²) in [6, 6.07) is 8.06. The van der Waals surface area contributed by atoms with Crippen LogP contribution in [0, 0.1) is 0 Å². The molecule has 110 valence electrons. The lowest BCUT2D eigenvalue weighted by atomic mass is 9.82. The van der Waals surface area contributed by atoms with E-state index in [0.717, 1.165) is 24.1 Å². The minimum atomic E-state index is -0.500. The molecule has 0 saturated heterocycles. The molecule has 1 saturated carbocycles. The molecule has 1 aromatic rings. The fourth-order valence-corrected chi connectivity index (χ4v) is 3.10. The highest BCUT2D eigenvalue weighted by molar-refractivity contribution is 5.87. The summed E-state index contributed by atoms with van der Waals surface area (Å²) in [5.74, 6) is 0.203. The van der Waals surface area contributed by atoms with Crippen molar-refractivity contribution in [3.8, 4) is 0 Å². The van der Waals surface area contributed by atoms with Gasteiger partial charge in [0.2, 0.25) is 5.91 Å². The average Bonchev–Trinajstić information content (AvgIpc) is 2.47. The fraction of sp³-hybridized carbons (Fsp3) is 0.588. The quantitative estimate of drug-likeness (QED) is 0.859. The van der Waals surface area contributed by atoms with E-state index >= 15 is 0 Å². The van der Waals surface area contributed by atoms with Gasteiger partial charge in [-0.2, -0.15) is 0 Å². The van der Waals surface area contributed by atoms with Gasteiger partial charge in [-0.15, -0.1) is 0 Å². The Labute approximate surface area is 122 Å². The molecule has 1 amide bonds. The summed E-state index contributed by atoms with van der Waals surface area (Å²) in [6.07, 6.45) is 6.06. The van der Waals surface area contributed by atoms with Crippen molar-refractivity contribution in [1.29, 1.82) is 0 Å². The lowest BCUT2D eigenvalue weighted by Crippen LogP contribution is -2.47. The summed E-state index contributed by atoms with van der Waals surface area (Å²) in [7, 11) is 1.96. The number of benzene rings is 1. The molecule has 0 radical (unpaired) electrons. The summed E-state index contributed by atoms with van der Waals surface area (Å²) >= 11 is 0. The van der Waals surface area contributed by atoms with E-state index in [1.165, 1.54) is 19.3 Å². The van der Waals surface area contributed by atoms with Gasteiger partial charge in [-0.3, -0.25) is 4.79 Å². The maximum Gasteiger partial charge on any atom is 0.232 e. The monoisotopic (exact) mass is 274 g/mol. The van der Waals surface area contributed by atoms with Crippen LogP contribution in [0.5, 0.6) is 0 Å². The maximum atomic E-state index is 12.8. The van der Waals surface area contributed by atoms with Gasteiger partial charge in [0, 0.05) is 18.8 Å². The van der Waals surface area contributed by atoms with E-state index in [1.807, 2.05) is 50.1 Å². The van der Waals surface area contributed by atoms with Crippen LogP contribution in [-0.2, 0) is 10.2 Å². The summed E-state index contributed by atoms with van der Waals surface area (Å²) in [4.78, 5) is 14.8. The summed E-state index contributed by atoms with van der Waals surface area (Å²) in [5.41, 5.74) is 6.99. The lowest BCUT2D eigenvalue weighted by molar-refractivity contribution is -0.137. The van der Waals surface area contributed by atoms with Crippen LogP contribution in [0.1, 0.15) is 51.5 Å². The van der Waals surface area contributed by atoms with Gasteiger partial charge in [-0.05, 0) is 44.4 Å². The molecular formula is C17H26N2O. The van der Waals surface area contributed by atoms with Crippen molar-refractivity contribution in [2.24, 2.45) is 0 Å². The molecule has 0 aromatic heterocycles. The van der Waals surface area contributed by atoms with E-state index < -0.39 is 5.41 Å². The number of likely N-dealkylation sites (N-methyl/N-ethyl adjacent to an activating group) is 1. The number of nitrogen functional groups attached to an aromatic ring is 1. The first kappa shape index (κ1) is 14.9. The number of carbonyl (C=O) groups is 1. The third-order valence-electron chi connectivity index (χ3n) is 4.61. The zero-order valence-corrected chi connectivity index (χ0v) is 12.9. The molecule has 0 heterocycles. The number of rotatable bonds is 3. The minimum Gasteiger partial charge on any atom is -0.399 e. The molecule has 0 unspecified atom stereocenters. The van der Waals surface area contributed by atoms with Gasteiger partial charge in [0.1, 0.15) is 0 Å². The molecule has 1 aromatic carbocycles. The number of hydrogen-bond donors (Lipinski definition) is 1. The van der Waals surface area contributed by atoms with Crippen molar-refractivity contribution in [3.05, 3.63) is 29.8 Å². The van der Waals surface area contributed by atoms with E-state index in [1.54, 1.807) is 0 Å². The number of nitrogens with zero attached hydrogens (tertiary/aromatic N) is 1. The molecule has 0 aliphatic heterocycles. The molecule has 3 nitrogen and oxygen atoms in total. The summed E-state index contributed by atoms with van der Waals surface area (Å²) < 4.78 is 0. The normalized spacial score (nSPS) is 16.9. The second-order valence-corrected chi connectivity index (χ2v) is 6.45. The molecule has 2 rings (SSSR count). The Kier molecular flexibility index (Phi) is 4.36. The summed E-state index contributed by atoms with van der Waals surface area (Å²) in [6.45, 7) is 4.00. The third-order valence-corrected chi connectivity index (χ3v) is 4.61. The number of nitrogens with two attached hydrogens (primary N) is 1. The Morgan fingerprint density at radius 2 is 1.70 bits per heavy atom. The molecule has 2 N–H and O–H groups in total. The van der Waals surface area contributed by atoms with Crippen molar-refractivity contribution < 1.29 is 4.79 Å². The topological polar surface area (TPSA) is 46.3 Å². The zero-order chi connectivity index (χ0) is 14.8. The van der Waals surface area contributed by atoms with Gasteiger partial charge in [-0.25, -0.2) is 0 Å². The average molecular weight is 274 g/mol. The zero-order valence-electron chi connectivity index (χ0n) is 12.9. The first-order valence-corrected chi connectivity index (χ1v) is 7.56. The van der Waals surface area contributed by atoms with Gasteiger partial charge in [0.15, 0.2) is 0 Å². The summed E-state index contributed by atoms with van der Waals surface area (Å²) in [5, 5.41) is 0.